The highest BCUT2D eigenvalue weighted by molar-refractivity contribution is 5.90. The molecule has 2 amide bonds. The standard InChI is InChI=1S/C10H18N2O2/c1-6-9(14)12(5)7-8(13)11-10(2,3)4/h6H,1,7H2,2-5H3,(H,11,13). The van der Waals surface area contributed by atoms with Crippen LogP contribution in [-0.4, -0.2) is 35.8 Å². The summed E-state index contributed by atoms with van der Waals surface area (Å²) in [6.45, 7) is 9.07. The molecule has 0 spiro atoms. The van der Waals surface area contributed by atoms with Gasteiger partial charge in [0, 0.05) is 12.6 Å². The van der Waals surface area contributed by atoms with E-state index in [1.807, 2.05) is 20.8 Å². The molecule has 0 bridgehead atoms. The van der Waals surface area contributed by atoms with Crippen LogP contribution in [0.5, 0.6) is 0 Å². The van der Waals surface area contributed by atoms with Crippen molar-refractivity contribution in [3.63, 3.8) is 0 Å². The number of carbonyl (C=O) groups is 2. The van der Waals surface area contributed by atoms with Crippen LogP contribution in [0.3, 0.4) is 0 Å². The zero-order valence-electron chi connectivity index (χ0n) is 9.26. The highest BCUT2D eigenvalue weighted by Gasteiger charge is 2.16. The smallest absolute Gasteiger partial charge is 0.246 e. The summed E-state index contributed by atoms with van der Waals surface area (Å²) in [5, 5.41) is 2.76. The molecule has 0 aromatic rings. The van der Waals surface area contributed by atoms with Crippen LogP contribution in [-0.2, 0) is 9.59 Å². The first kappa shape index (κ1) is 12.7. The van der Waals surface area contributed by atoms with Gasteiger partial charge in [0.25, 0.3) is 0 Å². The summed E-state index contributed by atoms with van der Waals surface area (Å²) in [4.78, 5) is 23.7. The van der Waals surface area contributed by atoms with E-state index in [4.69, 9.17) is 0 Å². The lowest BCUT2D eigenvalue weighted by Gasteiger charge is -2.22. The van der Waals surface area contributed by atoms with E-state index in [9.17, 15) is 9.59 Å². The maximum absolute atomic E-state index is 11.4. The molecule has 0 saturated carbocycles. The predicted octanol–water partition coefficient (Wildman–Crippen LogP) is 0.545. The Morgan fingerprint density at radius 1 is 1.43 bits per heavy atom. The fraction of sp³-hybridized carbons (Fsp3) is 0.600. The van der Waals surface area contributed by atoms with Gasteiger partial charge in [-0.3, -0.25) is 9.59 Å². The fourth-order valence-corrected chi connectivity index (χ4v) is 0.907. The van der Waals surface area contributed by atoms with Crippen molar-refractivity contribution >= 4 is 11.8 Å². The Labute approximate surface area is 85.0 Å². The fourth-order valence-electron chi connectivity index (χ4n) is 0.907. The van der Waals surface area contributed by atoms with Crippen LogP contribution in [0.15, 0.2) is 12.7 Å². The lowest BCUT2D eigenvalue weighted by atomic mass is 10.1. The number of nitrogens with zero attached hydrogens (tertiary/aromatic N) is 1. The zero-order chi connectivity index (χ0) is 11.4. The van der Waals surface area contributed by atoms with Crippen molar-refractivity contribution in [2.45, 2.75) is 26.3 Å². The average Bonchev–Trinajstić information content (AvgIpc) is 1.99. The molecule has 1 N–H and O–H groups in total. The van der Waals surface area contributed by atoms with Crippen molar-refractivity contribution in [1.29, 1.82) is 0 Å². The van der Waals surface area contributed by atoms with Crippen LogP contribution in [0.2, 0.25) is 0 Å². The van der Waals surface area contributed by atoms with E-state index in [-0.39, 0.29) is 23.9 Å². The Morgan fingerprint density at radius 2 is 1.93 bits per heavy atom. The Kier molecular flexibility index (Phi) is 4.34. The molecule has 80 valence electrons. The quantitative estimate of drug-likeness (QED) is 0.673. The molecule has 0 aliphatic heterocycles. The van der Waals surface area contributed by atoms with Gasteiger partial charge in [-0.15, -0.1) is 0 Å². The van der Waals surface area contributed by atoms with Gasteiger partial charge in [0.1, 0.15) is 0 Å². The van der Waals surface area contributed by atoms with E-state index in [1.54, 1.807) is 7.05 Å². The molecule has 0 rings (SSSR count). The Hall–Kier alpha value is -1.32. The van der Waals surface area contributed by atoms with Crippen LogP contribution in [0, 0.1) is 0 Å². The molecule has 4 heteroatoms. The van der Waals surface area contributed by atoms with Crippen molar-refractivity contribution in [3.05, 3.63) is 12.7 Å². The normalized spacial score (nSPS) is 10.6. The van der Waals surface area contributed by atoms with Gasteiger partial charge in [-0.1, -0.05) is 6.58 Å². The Balaban J connectivity index is 4.07. The molecule has 0 aromatic carbocycles. The predicted molar refractivity (Wildman–Crippen MR) is 55.7 cm³/mol. The van der Waals surface area contributed by atoms with Crippen molar-refractivity contribution in [3.8, 4) is 0 Å². The van der Waals surface area contributed by atoms with Gasteiger partial charge < -0.3 is 10.2 Å². The first-order chi connectivity index (χ1) is 6.26. The molecular formula is C10H18N2O2. The lowest BCUT2D eigenvalue weighted by molar-refractivity contribution is -0.131. The van der Waals surface area contributed by atoms with Gasteiger partial charge in [-0.2, -0.15) is 0 Å². The van der Waals surface area contributed by atoms with Crippen molar-refractivity contribution in [1.82, 2.24) is 10.2 Å². The van der Waals surface area contributed by atoms with E-state index in [0.717, 1.165) is 0 Å². The van der Waals surface area contributed by atoms with Crippen LogP contribution >= 0.6 is 0 Å². The molecule has 0 unspecified atom stereocenters. The molecule has 0 heterocycles. The summed E-state index contributed by atoms with van der Waals surface area (Å²) in [6, 6.07) is 0. The maximum Gasteiger partial charge on any atom is 0.246 e. The van der Waals surface area contributed by atoms with Crippen LogP contribution in [0.1, 0.15) is 20.8 Å². The van der Waals surface area contributed by atoms with Gasteiger partial charge in [0.2, 0.25) is 11.8 Å². The first-order valence-electron chi connectivity index (χ1n) is 4.45. The summed E-state index contributed by atoms with van der Waals surface area (Å²) in [5.41, 5.74) is -0.269. The third-order valence-corrected chi connectivity index (χ3v) is 1.45. The van der Waals surface area contributed by atoms with Gasteiger partial charge in [0.15, 0.2) is 0 Å². The Bertz CT molecular complexity index is 241. The summed E-state index contributed by atoms with van der Waals surface area (Å²) in [7, 11) is 1.56. The number of hydrogen-bond acceptors (Lipinski definition) is 2. The number of amides is 2. The van der Waals surface area contributed by atoms with E-state index >= 15 is 0 Å². The minimum absolute atomic E-state index is 0.0577. The lowest BCUT2D eigenvalue weighted by Crippen LogP contribution is -2.46. The molecule has 0 fully saturated rings. The number of nitrogens with one attached hydrogen (secondary N) is 1. The van der Waals surface area contributed by atoms with E-state index in [0.29, 0.717) is 0 Å². The molecule has 0 aliphatic rings. The second-order valence-electron chi connectivity index (χ2n) is 4.20. The SMILES string of the molecule is C=CC(=O)N(C)CC(=O)NC(C)(C)C. The van der Waals surface area contributed by atoms with E-state index in [1.165, 1.54) is 11.0 Å². The van der Waals surface area contributed by atoms with Crippen LogP contribution in [0.4, 0.5) is 0 Å². The van der Waals surface area contributed by atoms with E-state index in [2.05, 4.69) is 11.9 Å². The average molecular weight is 198 g/mol. The first-order valence-corrected chi connectivity index (χ1v) is 4.45. The van der Waals surface area contributed by atoms with Gasteiger partial charge >= 0.3 is 0 Å². The third-order valence-electron chi connectivity index (χ3n) is 1.45. The van der Waals surface area contributed by atoms with Crippen LogP contribution < -0.4 is 5.32 Å². The van der Waals surface area contributed by atoms with Gasteiger partial charge in [0.05, 0.1) is 6.54 Å². The second kappa shape index (κ2) is 4.79. The van der Waals surface area contributed by atoms with Crippen LogP contribution in [0.25, 0.3) is 0 Å². The van der Waals surface area contributed by atoms with Gasteiger partial charge in [-0.05, 0) is 26.8 Å². The largest absolute Gasteiger partial charge is 0.350 e. The summed E-state index contributed by atoms with van der Waals surface area (Å²) < 4.78 is 0. The molecule has 0 saturated heterocycles. The molecule has 0 radical (unpaired) electrons. The number of hydrogen-bond donors (Lipinski definition) is 1. The summed E-state index contributed by atoms with van der Waals surface area (Å²) >= 11 is 0. The van der Waals surface area contributed by atoms with Crippen molar-refractivity contribution < 1.29 is 9.59 Å². The summed E-state index contributed by atoms with van der Waals surface area (Å²) in [6.07, 6.45) is 1.18. The minimum atomic E-state index is -0.269. The van der Waals surface area contributed by atoms with Gasteiger partial charge in [-0.25, -0.2) is 0 Å². The monoisotopic (exact) mass is 198 g/mol. The number of carbonyl (C=O) groups excluding carboxylic acids is 2. The number of likely N-dealkylation sites (N-methyl/N-ethyl adjacent to an activating group) is 1. The highest BCUT2D eigenvalue weighted by atomic mass is 16.2. The summed E-state index contributed by atoms with van der Waals surface area (Å²) in [5.74, 6) is -0.427. The molecule has 0 aromatic heterocycles. The molecule has 0 atom stereocenters. The second-order valence-corrected chi connectivity index (χ2v) is 4.20. The topological polar surface area (TPSA) is 49.4 Å². The molecule has 0 aliphatic carbocycles. The highest BCUT2D eigenvalue weighted by Crippen LogP contribution is 1.98. The minimum Gasteiger partial charge on any atom is -0.350 e. The molecular weight excluding hydrogens is 180 g/mol. The van der Waals surface area contributed by atoms with Crippen molar-refractivity contribution in [2.24, 2.45) is 0 Å². The Morgan fingerprint density at radius 3 is 2.29 bits per heavy atom. The third kappa shape index (κ3) is 5.35. The number of rotatable bonds is 3. The zero-order valence-corrected chi connectivity index (χ0v) is 9.26. The van der Waals surface area contributed by atoms with Crippen molar-refractivity contribution in [2.75, 3.05) is 13.6 Å². The maximum atomic E-state index is 11.4. The molecule has 4 nitrogen and oxygen atoms in total. The van der Waals surface area contributed by atoms with E-state index < -0.39 is 0 Å². The molecule has 14 heavy (non-hydrogen) atoms.